The van der Waals surface area contributed by atoms with Gasteiger partial charge in [0, 0.05) is 54.6 Å². The molecule has 0 radical (unpaired) electrons. The second kappa shape index (κ2) is 31.5. The van der Waals surface area contributed by atoms with Gasteiger partial charge in [-0.3, -0.25) is 9.59 Å². The molecule has 0 fully saturated rings. The Balaban J connectivity index is 0. The SMILES string of the molecule is CCCCCCCCCCCCCCCCCC(=O)OC(=O)CCCCCCCCCCC.[Ce]. The molecule has 3 nitrogen and oxygen atoms in total. The first-order valence-electron chi connectivity index (χ1n) is 14.9. The van der Waals surface area contributed by atoms with E-state index >= 15 is 0 Å². The first-order valence-corrected chi connectivity index (χ1v) is 14.9. The van der Waals surface area contributed by atoms with E-state index in [4.69, 9.17) is 4.74 Å². The molecule has 0 unspecified atom stereocenters. The van der Waals surface area contributed by atoms with Gasteiger partial charge in [0.15, 0.2) is 0 Å². The number of carbonyl (C=O) groups is 2. The first-order chi connectivity index (χ1) is 16.2. The van der Waals surface area contributed by atoms with Gasteiger partial charge >= 0.3 is 11.9 Å². The van der Waals surface area contributed by atoms with Crippen molar-refractivity contribution in [2.45, 2.75) is 181 Å². The fourth-order valence-electron chi connectivity index (χ4n) is 4.45. The number of hydrogen-bond acceptors (Lipinski definition) is 3. The largest absolute Gasteiger partial charge is 0.393 e. The van der Waals surface area contributed by atoms with Crippen LogP contribution in [0, 0.1) is 41.7 Å². The second-order valence-electron chi connectivity index (χ2n) is 10.1. The van der Waals surface area contributed by atoms with Crippen molar-refractivity contribution in [1.29, 1.82) is 0 Å². The van der Waals surface area contributed by atoms with Crippen LogP contribution in [0.3, 0.4) is 0 Å². The molecule has 0 bridgehead atoms. The Morgan fingerprint density at radius 3 is 0.824 bits per heavy atom. The third-order valence-electron chi connectivity index (χ3n) is 6.70. The Morgan fingerprint density at radius 2 is 0.588 bits per heavy atom. The average Bonchev–Trinajstić information content (AvgIpc) is 2.80. The van der Waals surface area contributed by atoms with E-state index in [2.05, 4.69) is 13.8 Å². The van der Waals surface area contributed by atoms with E-state index in [9.17, 15) is 9.59 Å². The van der Waals surface area contributed by atoms with Crippen molar-refractivity contribution in [2.24, 2.45) is 0 Å². The van der Waals surface area contributed by atoms with Gasteiger partial charge in [0.25, 0.3) is 0 Å². The smallest absolute Gasteiger partial charge is 0.313 e. The van der Waals surface area contributed by atoms with Crippen LogP contribution in [0.25, 0.3) is 0 Å². The van der Waals surface area contributed by atoms with E-state index in [0.717, 1.165) is 25.7 Å². The summed E-state index contributed by atoms with van der Waals surface area (Å²) in [6, 6.07) is 0. The summed E-state index contributed by atoms with van der Waals surface area (Å²) < 4.78 is 4.96. The minimum absolute atomic E-state index is 0. The molecule has 0 aliphatic heterocycles. The molecule has 0 spiro atoms. The van der Waals surface area contributed by atoms with Crippen LogP contribution >= 0.6 is 0 Å². The number of hydrogen-bond donors (Lipinski definition) is 0. The monoisotopic (exact) mass is 606 g/mol. The molecule has 0 saturated heterocycles. The van der Waals surface area contributed by atoms with E-state index in [1.54, 1.807) is 0 Å². The van der Waals surface area contributed by atoms with Gasteiger partial charge in [0.1, 0.15) is 0 Å². The number of esters is 2. The normalized spacial score (nSPS) is 10.8. The second-order valence-corrected chi connectivity index (χ2v) is 10.1. The molecular formula is C30H58CeO3. The maximum atomic E-state index is 11.8. The number of unbranched alkanes of at least 4 members (excludes halogenated alkanes) is 22. The van der Waals surface area contributed by atoms with Gasteiger partial charge < -0.3 is 4.74 Å². The Kier molecular flexibility index (Phi) is 34.0. The molecule has 0 atom stereocenters. The van der Waals surface area contributed by atoms with Crippen molar-refractivity contribution in [3.8, 4) is 0 Å². The molecule has 4 heteroatoms. The minimum atomic E-state index is -0.330. The number of ether oxygens (including phenoxy) is 1. The third kappa shape index (κ3) is 30.5. The number of rotatable bonds is 26. The van der Waals surface area contributed by atoms with Crippen molar-refractivity contribution in [3.63, 3.8) is 0 Å². The van der Waals surface area contributed by atoms with E-state index in [0.29, 0.717) is 12.8 Å². The Bertz CT molecular complexity index is 425. The van der Waals surface area contributed by atoms with Crippen molar-refractivity contribution >= 4 is 11.9 Å². The predicted octanol–water partition coefficient (Wildman–Crippen LogP) is 10.2. The van der Waals surface area contributed by atoms with E-state index in [-0.39, 0.29) is 53.7 Å². The van der Waals surface area contributed by atoms with Crippen LogP contribution in [0.1, 0.15) is 181 Å². The van der Waals surface area contributed by atoms with Crippen LogP contribution in [0.4, 0.5) is 0 Å². The van der Waals surface area contributed by atoms with Crippen molar-refractivity contribution in [2.75, 3.05) is 0 Å². The van der Waals surface area contributed by atoms with Crippen molar-refractivity contribution < 1.29 is 56.1 Å². The van der Waals surface area contributed by atoms with E-state index in [1.807, 2.05) is 0 Å². The maximum absolute atomic E-state index is 11.8. The van der Waals surface area contributed by atoms with Gasteiger partial charge in [-0.15, -0.1) is 0 Å². The molecule has 0 aromatic carbocycles. The third-order valence-corrected chi connectivity index (χ3v) is 6.70. The quantitative estimate of drug-likeness (QED) is 0.0559. The van der Waals surface area contributed by atoms with Crippen LogP contribution in [0.2, 0.25) is 0 Å². The molecule has 0 aliphatic carbocycles. The zero-order valence-electron chi connectivity index (χ0n) is 23.1. The molecule has 0 saturated carbocycles. The summed E-state index contributed by atoms with van der Waals surface area (Å²) in [4.78, 5) is 23.6. The van der Waals surface area contributed by atoms with E-state index < -0.39 is 0 Å². The molecular weight excluding hydrogens is 548 g/mol. The fourth-order valence-corrected chi connectivity index (χ4v) is 4.45. The minimum Gasteiger partial charge on any atom is -0.393 e. The molecule has 0 rings (SSSR count). The maximum Gasteiger partial charge on any atom is 0.313 e. The van der Waals surface area contributed by atoms with Crippen LogP contribution in [-0.4, -0.2) is 11.9 Å². The summed E-state index contributed by atoms with van der Waals surface area (Å²) in [7, 11) is 0. The Morgan fingerprint density at radius 1 is 0.382 bits per heavy atom. The van der Waals surface area contributed by atoms with E-state index in [1.165, 1.54) is 128 Å². The molecule has 0 aliphatic rings. The molecule has 200 valence electrons. The molecule has 0 aromatic heterocycles. The van der Waals surface area contributed by atoms with Gasteiger partial charge in [-0.1, -0.05) is 155 Å². The molecule has 0 heterocycles. The molecule has 34 heavy (non-hydrogen) atoms. The van der Waals surface area contributed by atoms with Gasteiger partial charge in [0.05, 0.1) is 0 Å². The van der Waals surface area contributed by atoms with Gasteiger partial charge in [-0.2, -0.15) is 0 Å². The summed E-state index contributed by atoms with van der Waals surface area (Å²) in [5.74, 6) is -0.658. The van der Waals surface area contributed by atoms with Crippen LogP contribution < -0.4 is 0 Å². The van der Waals surface area contributed by atoms with Crippen LogP contribution in [0.15, 0.2) is 0 Å². The Labute approximate surface area is 247 Å². The van der Waals surface area contributed by atoms with Crippen LogP contribution in [-0.2, 0) is 14.3 Å². The molecule has 0 N–H and O–H groups in total. The van der Waals surface area contributed by atoms with Crippen molar-refractivity contribution in [1.82, 2.24) is 0 Å². The molecule has 0 amide bonds. The average molecular weight is 607 g/mol. The first kappa shape index (κ1) is 36.7. The Hall–Kier alpha value is 0.517. The standard InChI is InChI=1S/C30H58O3.Ce/c1-3-5-7-9-11-13-14-15-16-17-18-20-22-24-26-28-30(32)33-29(31)27-25-23-21-19-12-10-8-6-4-2;/h3-28H2,1-2H3;. The summed E-state index contributed by atoms with van der Waals surface area (Å²) >= 11 is 0. The molecule has 0 aromatic rings. The predicted molar refractivity (Wildman–Crippen MR) is 142 cm³/mol. The zero-order valence-corrected chi connectivity index (χ0v) is 26.2. The van der Waals surface area contributed by atoms with Crippen LogP contribution in [0.5, 0.6) is 0 Å². The van der Waals surface area contributed by atoms with Gasteiger partial charge in [0.2, 0.25) is 0 Å². The fraction of sp³-hybridized carbons (Fsp3) is 0.933. The summed E-state index contributed by atoms with van der Waals surface area (Å²) in [6.07, 6.45) is 31.4. The topological polar surface area (TPSA) is 43.4 Å². The van der Waals surface area contributed by atoms with Gasteiger partial charge in [-0.05, 0) is 12.8 Å². The summed E-state index contributed by atoms with van der Waals surface area (Å²) in [5.41, 5.74) is 0. The zero-order chi connectivity index (χ0) is 24.2. The van der Waals surface area contributed by atoms with Crippen molar-refractivity contribution in [3.05, 3.63) is 0 Å². The van der Waals surface area contributed by atoms with Gasteiger partial charge in [-0.25, -0.2) is 0 Å². The summed E-state index contributed by atoms with van der Waals surface area (Å²) in [6.45, 7) is 4.51. The summed E-state index contributed by atoms with van der Waals surface area (Å²) in [5, 5.41) is 0. The number of carbonyl (C=O) groups excluding carboxylic acids is 2.